The Morgan fingerprint density at radius 1 is 0.970 bits per heavy atom. The van der Waals surface area contributed by atoms with E-state index in [0.29, 0.717) is 18.0 Å². The normalized spacial score (nSPS) is 11.0. The highest BCUT2D eigenvalue weighted by Gasteiger charge is 2.14. The first-order valence-electron chi connectivity index (χ1n) is 11.1. The minimum Gasteiger partial charge on any atom is -0.497 e. The van der Waals surface area contributed by atoms with E-state index in [0.717, 1.165) is 53.1 Å². The van der Waals surface area contributed by atoms with Crippen molar-refractivity contribution in [2.75, 3.05) is 32.3 Å². The summed E-state index contributed by atoms with van der Waals surface area (Å²) in [6, 6.07) is 11.5. The van der Waals surface area contributed by atoms with Crippen molar-refractivity contribution in [3.63, 3.8) is 0 Å². The number of benzene rings is 2. The van der Waals surface area contributed by atoms with Crippen LogP contribution in [0, 0.1) is 0 Å². The molecule has 8 nitrogen and oxygen atoms in total. The van der Waals surface area contributed by atoms with Crippen LogP contribution in [0.2, 0.25) is 0 Å². The van der Waals surface area contributed by atoms with Gasteiger partial charge in [-0.25, -0.2) is 4.98 Å². The third-order valence-electron chi connectivity index (χ3n) is 5.48. The van der Waals surface area contributed by atoms with Crippen LogP contribution >= 0.6 is 0 Å². The highest BCUT2D eigenvalue weighted by Crippen LogP contribution is 2.34. The maximum Gasteiger partial charge on any atom is 0.124 e. The van der Waals surface area contributed by atoms with E-state index in [4.69, 9.17) is 14.5 Å². The Kier molecular flexibility index (Phi) is 7.04. The Hall–Kier alpha value is -3.65. The highest BCUT2D eigenvalue weighted by molar-refractivity contribution is 5.82. The van der Waals surface area contributed by atoms with E-state index < -0.39 is 0 Å². The standard InChI is InChI=1S/C25H29N5O3/c1-4-5-8-29-17-18(15-27-29)25-16-26-23-7-6-19(13-24(23)28-25)30(9-10-31)20-11-21(32-2)14-22(12-20)33-3/h6-7,11-17,31H,4-5,8-10H2,1-3H3. The zero-order valence-corrected chi connectivity index (χ0v) is 19.2. The largest absolute Gasteiger partial charge is 0.497 e. The molecule has 33 heavy (non-hydrogen) atoms. The van der Waals surface area contributed by atoms with Crippen LogP contribution in [0.5, 0.6) is 11.5 Å². The number of aryl methyl sites for hydroxylation is 1. The number of hydrogen-bond acceptors (Lipinski definition) is 7. The molecule has 0 aliphatic heterocycles. The van der Waals surface area contributed by atoms with Crippen molar-refractivity contribution in [3.8, 4) is 22.8 Å². The molecule has 0 fully saturated rings. The second-order valence-electron chi connectivity index (χ2n) is 7.72. The molecule has 2 heterocycles. The van der Waals surface area contributed by atoms with E-state index in [1.54, 1.807) is 20.4 Å². The number of aromatic nitrogens is 4. The lowest BCUT2D eigenvalue weighted by Crippen LogP contribution is -2.21. The van der Waals surface area contributed by atoms with Gasteiger partial charge < -0.3 is 19.5 Å². The summed E-state index contributed by atoms with van der Waals surface area (Å²) in [4.78, 5) is 11.4. The Morgan fingerprint density at radius 3 is 2.45 bits per heavy atom. The molecule has 1 N–H and O–H groups in total. The van der Waals surface area contributed by atoms with Crippen molar-refractivity contribution in [2.45, 2.75) is 26.3 Å². The minimum absolute atomic E-state index is 0.0137. The topological polar surface area (TPSA) is 85.5 Å². The van der Waals surface area contributed by atoms with Gasteiger partial charge in [-0.1, -0.05) is 13.3 Å². The fraction of sp³-hybridized carbons (Fsp3) is 0.320. The number of anilines is 2. The summed E-state index contributed by atoms with van der Waals surface area (Å²) in [7, 11) is 3.24. The lowest BCUT2D eigenvalue weighted by molar-refractivity contribution is 0.305. The van der Waals surface area contributed by atoms with Crippen molar-refractivity contribution in [1.29, 1.82) is 0 Å². The Bertz CT molecular complexity index is 1200. The van der Waals surface area contributed by atoms with Crippen molar-refractivity contribution < 1.29 is 14.6 Å². The molecular weight excluding hydrogens is 418 g/mol. The van der Waals surface area contributed by atoms with Crippen LogP contribution in [-0.2, 0) is 6.54 Å². The van der Waals surface area contributed by atoms with Crippen LogP contribution < -0.4 is 14.4 Å². The van der Waals surface area contributed by atoms with Gasteiger partial charge in [0.1, 0.15) is 11.5 Å². The molecule has 2 aromatic heterocycles. The second kappa shape index (κ2) is 10.3. The number of ether oxygens (including phenoxy) is 2. The number of aliphatic hydroxyl groups excluding tert-OH is 1. The van der Waals surface area contributed by atoms with E-state index in [2.05, 4.69) is 17.0 Å². The van der Waals surface area contributed by atoms with Gasteiger partial charge in [-0.3, -0.25) is 9.67 Å². The van der Waals surface area contributed by atoms with Gasteiger partial charge in [-0.15, -0.1) is 0 Å². The van der Waals surface area contributed by atoms with Gasteiger partial charge in [0.15, 0.2) is 0 Å². The maximum atomic E-state index is 9.74. The Labute approximate surface area is 193 Å². The first-order chi connectivity index (χ1) is 16.1. The smallest absolute Gasteiger partial charge is 0.124 e. The van der Waals surface area contributed by atoms with Crippen LogP contribution in [0.3, 0.4) is 0 Å². The summed E-state index contributed by atoms with van der Waals surface area (Å²) < 4.78 is 12.8. The molecule has 0 spiro atoms. The molecule has 0 aliphatic rings. The maximum absolute atomic E-state index is 9.74. The summed E-state index contributed by atoms with van der Waals surface area (Å²) in [5.74, 6) is 1.35. The third-order valence-corrected chi connectivity index (χ3v) is 5.48. The van der Waals surface area contributed by atoms with Gasteiger partial charge in [0.05, 0.1) is 49.9 Å². The van der Waals surface area contributed by atoms with E-state index in [9.17, 15) is 5.11 Å². The quantitative estimate of drug-likeness (QED) is 0.385. The average molecular weight is 448 g/mol. The molecular formula is C25H29N5O3. The van der Waals surface area contributed by atoms with Crippen molar-refractivity contribution >= 4 is 22.4 Å². The molecule has 4 aromatic rings. The number of rotatable bonds is 10. The molecule has 172 valence electrons. The molecule has 0 aliphatic carbocycles. The molecule has 0 unspecified atom stereocenters. The molecule has 0 atom stereocenters. The van der Waals surface area contributed by atoms with E-state index in [1.807, 2.05) is 58.4 Å². The number of nitrogens with zero attached hydrogens (tertiary/aromatic N) is 5. The number of hydrogen-bond donors (Lipinski definition) is 1. The number of fused-ring (bicyclic) bond motifs is 1. The Morgan fingerprint density at radius 2 is 1.76 bits per heavy atom. The zero-order valence-electron chi connectivity index (χ0n) is 19.2. The third kappa shape index (κ3) is 5.06. The van der Waals surface area contributed by atoms with Gasteiger partial charge in [-0.05, 0) is 24.6 Å². The van der Waals surface area contributed by atoms with Crippen LogP contribution in [0.1, 0.15) is 19.8 Å². The fourth-order valence-electron chi connectivity index (χ4n) is 3.70. The predicted octanol–water partition coefficient (Wildman–Crippen LogP) is 4.44. The fourth-order valence-corrected chi connectivity index (χ4v) is 3.70. The molecule has 0 saturated carbocycles. The predicted molar refractivity (Wildman–Crippen MR) is 129 cm³/mol. The Balaban J connectivity index is 1.71. The zero-order chi connectivity index (χ0) is 23.2. The molecule has 0 radical (unpaired) electrons. The first-order valence-corrected chi connectivity index (χ1v) is 11.1. The minimum atomic E-state index is -0.0137. The molecule has 0 amide bonds. The summed E-state index contributed by atoms with van der Waals surface area (Å²) in [6.07, 6.45) is 7.83. The van der Waals surface area contributed by atoms with Crippen molar-refractivity contribution in [2.24, 2.45) is 0 Å². The summed E-state index contributed by atoms with van der Waals surface area (Å²) >= 11 is 0. The molecule has 4 rings (SSSR count). The van der Waals surface area contributed by atoms with Gasteiger partial charge in [0.25, 0.3) is 0 Å². The molecule has 8 heteroatoms. The summed E-state index contributed by atoms with van der Waals surface area (Å²) in [5.41, 5.74) is 5.02. The molecule has 0 bridgehead atoms. The SMILES string of the molecule is CCCCn1cc(-c2cnc3ccc(N(CCO)c4cc(OC)cc(OC)c4)cc3n2)cn1. The van der Waals surface area contributed by atoms with Crippen LogP contribution in [0.4, 0.5) is 11.4 Å². The summed E-state index contributed by atoms with van der Waals surface area (Å²) in [5, 5.41) is 14.2. The van der Waals surface area contributed by atoms with Crippen molar-refractivity contribution in [1.82, 2.24) is 19.7 Å². The lowest BCUT2D eigenvalue weighted by atomic mass is 10.2. The van der Waals surface area contributed by atoms with Gasteiger partial charge in [0.2, 0.25) is 0 Å². The van der Waals surface area contributed by atoms with E-state index >= 15 is 0 Å². The van der Waals surface area contributed by atoms with Crippen LogP contribution in [0.25, 0.3) is 22.3 Å². The number of methoxy groups -OCH3 is 2. The first kappa shape index (κ1) is 22.5. The second-order valence-corrected chi connectivity index (χ2v) is 7.72. The molecule has 0 saturated heterocycles. The highest BCUT2D eigenvalue weighted by atomic mass is 16.5. The van der Waals surface area contributed by atoms with E-state index in [1.165, 1.54) is 0 Å². The number of unbranched alkanes of at least 4 members (excludes halogenated alkanes) is 1. The van der Waals surface area contributed by atoms with Gasteiger partial charge in [0, 0.05) is 54.4 Å². The van der Waals surface area contributed by atoms with Crippen LogP contribution in [0.15, 0.2) is 55.0 Å². The average Bonchev–Trinajstić information content (AvgIpc) is 3.34. The molecule has 2 aromatic carbocycles. The monoisotopic (exact) mass is 447 g/mol. The van der Waals surface area contributed by atoms with Crippen molar-refractivity contribution in [3.05, 3.63) is 55.0 Å². The van der Waals surface area contributed by atoms with Crippen LogP contribution in [-0.4, -0.2) is 52.2 Å². The lowest BCUT2D eigenvalue weighted by Gasteiger charge is -2.25. The van der Waals surface area contributed by atoms with Gasteiger partial charge >= 0.3 is 0 Å². The van der Waals surface area contributed by atoms with Gasteiger partial charge in [-0.2, -0.15) is 5.10 Å². The summed E-state index contributed by atoms with van der Waals surface area (Å²) in [6.45, 7) is 3.44. The van der Waals surface area contributed by atoms with E-state index in [-0.39, 0.29) is 6.61 Å². The number of aliphatic hydroxyl groups is 1.